The third kappa shape index (κ3) is 1.95. The standard InChI is InChI=1S/C11H20N2O2/c1-15-11(14)13-6-9(7-13)10(5-12)8-3-2-4-8/h8-10H,2-7,12H2,1H3. The first-order chi connectivity index (χ1) is 7.26. The predicted octanol–water partition coefficient (Wildman–Crippen LogP) is 1.06. The van der Waals surface area contributed by atoms with Crippen molar-refractivity contribution in [3.05, 3.63) is 0 Å². The number of likely N-dealkylation sites (tertiary alicyclic amines) is 1. The average Bonchev–Trinajstić information content (AvgIpc) is 2.10. The minimum atomic E-state index is -0.198. The van der Waals surface area contributed by atoms with Crippen LogP contribution in [0.2, 0.25) is 0 Å². The van der Waals surface area contributed by atoms with Gasteiger partial charge in [0, 0.05) is 13.1 Å². The molecule has 1 aliphatic heterocycles. The van der Waals surface area contributed by atoms with Gasteiger partial charge in [0.05, 0.1) is 7.11 Å². The Bertz CT molecular complexity index is 235. The van der Waals surface area contributed by atoms with Gasteiger partial charge < -0.3 is 15.4 Å². The Kier molecular flexibility index (Phi) is 3.14. The van der Waals surface area contributed by atoms with Crippen molar-refractivity contribution in [2.45, 2.75) is 19.3 Å². The molecule has 15 heavy (non-hydrogen) atoms. The van der Waals surface area contributed by atoms with Gasteiger partial charge in [-0.15, -0.1) is 0 Å². The molecule has 1 amide bonds. The molecule has 86 valence electrons. The van der Waals surface area contributed by atoms with Gasteiger partial charge in [-0.2, -0.15) is 0 Å². The quantitative estimate of drug-likeness (QED) is 0.761. The van der Waals surface area contributed by atoms with Crippen molar-refractivity contribution >= 4 is 6.09 Å². The molecule has 0 radical (unpaired) electrons. The molecule has 0 bridgehead atoms. The Labute approximate surface area is 90.8 Å². The topological polar surface area (TPSA) is 55.6 Å². The summed E-state index contributed by atoms with van der Waals surface area (Å²) in [6.07, 6.45) is 3.82. The Balaban J connectivity index is 1.78. The number of hydrogen-bond donors (Lipinski definition) is 1. The lowest BCUT2D eigenvalue weighted by molar-refractivity contribution is 0.0172. The highest BCUT2D eigenvalue weighted by atomic mass is 16.5. The average molecular weight is 212 g/mol. The van der Waals surface area contributed by atoms with E-state index >= 15 is 0 Å². The van der Waals surface area contributed by atoms with Crippen LogP contribution in [0, 0.1) is 17.8 Å². The van der Waals surface area contributed by atoms with Crippen LogP contribution >= 0.6 is 0 Å². The van der Waals surface area contributed by atoms with Crippen molar-refractivity contribution in [2.75, 3.05) is 26.7 Å². The fraction of sp³-hybridized carbons (Fsp3) is 0.909. The van der Waals surface area contributed by atoms with Gasteiger partial charge in [0.15, 0.2) is 0 Å². The van der Waals surface area contributed by atoms with Crippen LogP contribution in [0.5, 0.6) is 0 Å². The molecule has 4 nitrogen and oxygen atoms in total. The van der Waals surface area contributed by atoms with Gasteiger partial charge in [0.25, 0.3) is 0 Å². The lowest BCUT2D eigenvalue weighted by Gasteiger charge is -2.46. The first-order valence-corrected chi connectivity index (χ1v) is 5.79. The molecular formula is C11H20N2O2. The SMILES string of the molecule is COC(=O)N1CC(C(CN)C2CCC2)C1. The highest BCUT2D eigenvalue weighted by Gasteiger charge is 2.40. The number of carbonyl (C=O) groups excluding carboxylic acids is 1. The monoisotopic (exact) mass is 212 g/mol. The van der Waals surface area contributed by atoms with Crippen molar-refractivity contribution in [1.82, 2.24) is 4.90 Å². The van der Waals surface area contributed by atoms with Gasteiger partial charge in [-0.25, -0.2) is 4.79 Å². The summed E-state index contributed by atoms with van der Waals surface area (Å²) >= 11 is 0. The zero-order chi connectivity index (χ0) is 10.8. The highest BCUT2D eigenvalue weighted by Crippen LogP contribution is 2.39. The molecule has 0 aromatic carbocycles. The van der Waals surface area contributed by atoms with Crippen molar-refractivity contribution in [2.24, 2.45) is 23.5 Å². The van der Waals surface area contributed by atoms with E-state index in [9.17, 15) is 4.79 Å². The lowest BCUT2D eigenvalue weighted by Crippen LogP contribution is -2.55. The van der Waals surface area contributed by atoms with Gasteiger partial charge in [-0.05, 0) is 24.3 Å². The zero-order valence-corrected chi connectivity index (χ0v) is 9.32. The number of hydrogen-bond acceptors (Lipinski definition) is 3. The van der Waals surface area contributed by atoms with Crippen LogP contribution in [0.25, 0.3) is 0 Å². The number of ether oxygens (including phenoxy) is 1. The van der Waals surface area contributed by atoms with Crippen molar-refractivity contribution in [1.29, 1.82) is 0 Å². The summed E-state index contributed by atoms with van der Waals surface area (Å²) in [5.74, 6) is 2.05. The highest BCUT2D eigenvalue weighted by molar-refractivity contribution is 5.68. The minimum absolute atomic E-state index is 0.198. The van der Waals surface area contributed by atoms with Crippen LogP contribution in [0.1, 0.15) is 19.3 Å². The number of methoxy groups -OCH3 is 1. The maximum absolute atomic E-state index is 11.2. The van der Waals surface area contributed by atoms with Crippen LogP contribution in [0.3, 0.4) is 0 Å². The molecule has 1 aliphatic carbocycles. The molecule has 2 N–H and O–H groups in total. The van der Waals surface area contributed by atoms with Gasteiger partial charge in [-0.3, -0.25) is 0 Å². The molecule has 1 saturated carbocycles. The molecule has 0 aromatic rings. The van der Waals surface area contributed by atoms with Gasteiger partial charge in [0.2, 0.25) is 0 Å². The van der Waals surface area contributed by atoms with E-state index in [1.807, 2.05) is 0 Å². The number of rotatable bonds is 3. The van der Waals surface area contributed by atoms with E-state index in [0.29, 0.717) is 11.8 Å². The lowest BCUT2D eigenvalue weighted by atomic mass is 9.68. The number of amides is 1. The maximum atomic E-state index is 11.2. The Morgan fingerprint density at radius 2 is 2.13 bits per heavy atom. The summed E-state index contributed by atoms with van der Waals surface area (Å²) in [7, 11) is 1.43. The molecule has 4 heteroatoms. The predicted molar refractivity (Wildman–Crippen MR) is 57.4 cm³/mol. The second-order valence-corrected chi connectivity index (χ2v) is 4.73. The normalized spacial score (nSPS) is 24.3. The van der Waals surface area contributed by atoms with Crippen LogP contribution in [-0.4, -0.2) is 37.7 Å². The maximum Gasteiger partial charge on any atom is 0.409 e. The van der Waals surface area contributed by atoms with Crippen LogP contribution < -0.4 is 5.73 Å². The molecule has 2 aliphatic rings. The van der Waals surface area contributed by atoms with Crippen molar-refractivity contribution in [3.8, 4) is 0 Å². The number of nitrogens with two attached hydrogens (primary N) is 1. The molecule has 0 aromatic heterocycles. The fourth-order valence-corrected chi connectivity index (χ4v) is 2.70. The second-order valence-electron chi connectivity index (χ2n) is 4.73. The van der Waals surface area contributed by atoms with Gasteiger partial charge in [-0.1, -0.05) is 19.3 Å². The largest absolute Gasteiger partial charge is 0.453 e. The molecular weight excluding hydrogens is 192 g/mol. The van der Waals surface area contributed by atoms with Crippen LogP contribution in [0.4, 0.5) is 4.79 Å². The fourth-order valence-electron chi connectivity index (χ4n) is 2.70. The van der Waals surface area contributed by atoms with E-state index in [-0.39, 0.29) is 6.09 Å². The molecule has 1 heterocycles. The first kappa shape index (κ1) is 10.7. The van der Waals surface area contributed by atoms with E-state index < -0.39 is 0 Å². The van der Waals surface area contributed by atoms with Gasteiger partial charge >= 0.3 is 6.09 Å². The summed E-state index contributed by atoms with van der Waals surface area (Å²) in [4.78, 5) is 12.9. The third-order valence-electron chi connectivity index (χ3n) is 3.98. The summed E-state index contributed by atoms with van der Waals surface area (Å²) in [6, 6.07) is 0. The van der Waals surface area contributed by atoms with E-state index in [4.69, 9.17) is 5.73 Å². The van der Waals surface area contributed by atoms with Crippen LogP contribution in [0.15, 0.2) is 0 Å². The van der Waals surface area contributed by atoms with Crippen molar-refractivity contribution in [3.63, 3.8) is 0 Å². The summed E-state index contributed by atoms with van der Waals surface area (Å²) in [6.45, 7) is 2.44. The van der Waals surface area contributed by atoms with Crippen LogP contribution in [-0.2, 0) is 4.74 Å². The molecule has 0 spiro atoms. The van der Waals surface area contributed by atoms with Crippen molar-refractivity contribution < 1.29 is 9.53 Å². The summed E-state index contributed by atoms with van der Waals surface area (Å²) in [5.41, 5.74) is 5.81. The Morgan fingerprint density at radius 1 is 1.47 bits per heavy atom. The Hall–Kier alpha value is -0.770. The minimum Gasteiger partial charge on any atom is -0.453 e. The number of carbonyl (C=O) groups is 1. The smallest absolute Gasteiger partial charge is 0.409 e. The molecule has 1 saturated heterocycles. The second kappa shape index (κ2) is 4.39. The molecule has 2 fully saturated rings. The summed E-state index contributed by atoms with van der Waals surface area (Å²) < 4.78 is 4.67. The number of nitrogens with zero attached hydrogens (tertiary/aromatic N) is 1. The van der Waals surface area contributed by atoms with E-state index in [2.05, 4.69) is 4.74 Å². The van der Waals surface area contributed by atoms with Gasteiger partial charge in [0.1, 0.15) is 0 Å². The molecule has 2 rings (SSSR count). The van der Waals surface area contributed by atoms with E-state index in [1.54, 1.807) is 4.90 Å². The molecule has 1 atom stereocenters. The summed E-state index contributed by atoms with van der Waals surface area (Å²) in [5, 5.41) is 0. The Morgan fingerprint density at radius 3 is 2.53 bits per heavy atom. The molecule has 1 unspecified atom stereocenters. The third-order valence-corrected chi connectivity index (χ3v) is 3.98. The van der Waals surface area contributed by atoms with E-state index in [1.165, 1.54) is 26.4 Å². The van der Waals surface area contributed by atoms with E-state index in [0.717, 1.165) is 25.6 Å². The first-order valence-electron chi connectivity index (χ1n) is 5.79. The zero-order valence-electron chi connectivity index (χ0n) is 9.32.